The maximum Gasteiger partial charge on any atom is 0.228 e. The van der Waals surface area contributed by atoms with Crippen LogP contribution < -0.4 is 19.7 Å². The van der Waals surface area contributed by atoms with Gasteiger partial charge in [-0.25, -0.2) is 0 Å². The van der Waals surface area contributed by atoms with Gasteiger partial charge >= 0.3 is 0 Å². The van der Waals surface area contributed by atoms with Crippen LogP contribution in [0.3, 0.4) is 0 Å². The number of aromatic nitrogens is 2. The van der Waals surface area contributed by atoms with Gasteiger partial charge < -0.3 is 24.6 Å². The first-order valence-corrected chi connectivity index (χ1v) is 10.9. The molecule has 1 N–H and O–H groups in total. The van der Waals surface area contributed by atoms with Crippen molar-refractivity contribution in [2.24, 2.45) is 0 Å². The van der Waals surface area contributed by atoms with Gasteiger partial charge in [-0.3, -0.25) is 4.79 Å². The Balaban J connectivity index is 1.35. The van der Waals surface area contributed by atoms with E-state index in [-0.39, 0.29) is 12.3 Å². The first-order chi connectivity index (χ1) is 16.1. The Morgan fingerprint density at radius 1 is 0.909 bits per heavy atom. The van der Waals surface area contributed by atoms with Crippen LogP contribution in [0.1, 0.15) is 5.56 Å². The van der Waals surface area contributed by atoms with E-state index in [0.717, 1.165) is 54.5 Å². The zero-order chi connectivity index (χ0) is 23.2. The summed E-state index contributed by atoms with van der Waals surface area (Å²) in [6.45, 7) is 3.98. The van der Waals surface area contributed by atoms with E-state index in [4.69, 9.17) is 9.47 Å². The Morgan fingerprint density at radius 2 is 1.64 bits per heavy atom. The number of hydrogen-bond acceptors (Lipinski definition) is 7. The maximum absolute atomic E-state index is 12.5. The van der Waals surface area contributed by atoms with Gasteiger partial charge in [-0.2, -0.15) is 0 Å². The topological polar surface area (TPSA) is 79.8 Å². The number of piperazine rings is 1. The van der Waals surface area contributed by atoms with Gasteiger partial charge in [0.2, 0.25) is 5.91 Å². The van der Waals surface area contributed by atoms with Crippen molar-refractivity contribution in [1.82, 2.24) is 15.1 Å². The van der Waals surface area contributed by atoms with Crippen molar-refractivity contribution >= 4 is 17.4 Å². The highest BCUT2D eigenvalue weighted by molar-refractivity contribution is 5.92. The fourth-order valence-electron chi connectivity index (χ4n) is 3.79. The fourth-order valence-corrected chi connectivity index (χ4v) is 3.79. The van der Waals surface area contributed by atoms with Crippen LogP contribution in [0, 0.1) is 0 Å². The summed E-state index contributed by atoms with van der Waals surface area (Å²) < 4.78 is 10.5. The van der Waals surface area contributed by atoms with Crippen molar-refractivity contribution in [2.45, 2.75) is 6.42 Å². The molecule has 0 bridgehead atoms. The molecule has 0 atom stereocenters. The summed E-state index contributed by atoms with van der Waals surface area (Å²) in [5, 5.41) is 11.8. The Labute approximate surface area is 194 Å². The lowest BCUT2D eigenvalue weighted by Crippen LogP contribution is -2.44. The van der Waals surface area contributed by atoms with Gasteiger partial charge in [0, 0.05) is 37.4 Å². The predicted molar refractivity (Wildman–Crippen MR) is 129 cm³/mol. The quantitative estimate of drug-likeness (QED) is 0.596. The van der Waals surface area contributed by atoms with E-state index >= 15 is 0 Å². The summed E-state index contributed by atoms with van der Waals surface area (Å²) in [5.74, 6) is 2.04. The number of nitrogens with zero attached hydrogens (tertiary/aromatic N) is 4. The van der Waals surface area contributed by atoms with E-state index in [1.54, 1.807) is 20.3 Å². The van der Waals surface area contributed by atoms with Crippen LogP contribution in [0.5, 0.6) is 11.5 Å². The summed E-state index contributed by atoms with van der Waals surface area (Å²) in [6, 6.07) is 17.1. The first-order valence-electron chi connectivity index (χ1n) is 10.9. The molecule has 1 aromatic heterocycles. The Hall–Kier alpha value is -3.65. The SMILES string of the molecule is COc1ccc(CC(=O)Nc2ccc(-c3ccc(N4CCN(C)CC4)nn3)cc2)cc1OC. The standard InChI is InChI=1S/C25H29N5O3/c1-29-12-14-30(15-13-29)24-11-9-21(27-28-24)19-5-7-20(8-6-19)26-25(31)17-18-4-10-22(32-2)23(16-18)33-3/h4-11,16H,12-15,17H2,1-3H3,(H,26,31). The minimum absolute atomic E-state index is 0.105. The number of carbonyl (C=O) groups is 1. The average Bonchev–Trinajstić information content (AvgIpc) is 2.85. The van der Waals surface area contributed by atoms with E-state index in [1.165, 1.54) is 0 Å². The monoisotopic (exact) mass is 447 g/mol. The van der Waals surface area contributed by atoms with Crippen molar-refractivity contribution in [1.29, 1.82) is 0 Å². The highest BCUT2D eigenvalue weighted by Gasteiger charge is 2.16. The largest absolute Gasteiger partial charge is 0.493 e. The van der Waals surface area contributed by atoms with Crippen molar-refractivity contribution in [3.63, 3.8) is 0 Å². The third-order valence-electron chi connectivity index (χ3n) is 5.75. The van der Waals surface area contributed by atoms with Crippen molar-refractivity contribution in [3.05, 3.63) is 60.2 Å². The molecule has 1 fully saturated rings. The fraction of sp³-hybridized carbons (Fsp3) is 0.320. The molecule has 1 saturated heterocycles. The zero-order valence-corrected chi connectivity index (χ0v) is 19.2. The molecule has 0 aliphatic carbocycles. The molecule has 0 saturated carbocycles. The molecule has 0 unspecified atom stereocenters. The number of amides is 1. The summed E-state index contributed by atoms with van der Waals surface area (Å²) in [5.41, 5.74) is 3.32. The van der Waals surface area contributed by atoms with Crippen molar-refractivity contribution in [3.8, 4) is 22.8 Å². The molecule has 4 rings (SSSR count). The van der Waals surface area contributed by atoms with Gasteiger partial charge in [-0.05, 0) is 49.0 Å². The van der Waals surface area contributed by atoms with Gasteiger partial charge in [-0.15, -0.1) is 10.2 Å². The third kappa shape index (κ3) is 5.59. The lowest BCUT2D eigenvalue weighted by atomic mass is 10.1. The second-order valence-corrected chi connectivity index (χ2v) is 8.06. The van der Waals surface area contributed by atoms with Gasteiger partial charge in [0.1, 0.15) is 0 Å². The molecule has 3 aromatic rings. The van der Waals surface area contributed by atoms with Gasteiger partial charge in [0.05, 0.1) is 26.3 Å². The van der Waals surface area contributed by atoms with Crippen LogP contribution in [0.2, 0.25) is 0 Å². The summed E-state index contributed by atoms with van der Waals surface area (Å²) in [4.78, 5) is 17.1. The first kappa shape index (κ1) is 22.5. The minimum Gasteiger partial charge on any atom is -0.493 e. The normalized spacial score (nSPS) is 14.1. The molecule has 33 heavy (non-hydrogen) atoms. The van der Waals surface area contributed by atoms with Crippen LogP contribution in [0.15, 0.2) is 54.6 Å². The van der Waals surface area contributed by atoms with Gasteiger partial charge in [0.15, 0.2) is 17.3 Å². The number of benzene rings is 2. The predicted octanol–water partition coefficient (Wildman–Crippen LogP) is 3.09. The molecule has 2 aromatic carbocycles. The van der Waals surface area contributed by atoms with Crippen molar-refractivity contribution in [2.75, 3.05) is 57.7 Å². The number of hydrogen-bond donors (Lipinski definition) is 1. The Kier molecular flexibility index (Phi) is 7.04. The van der Waals surface area contributed by atoms with Crippen LogP contribution in [0.25, 0.3) is 11.3 Å². The molecule has 0 radical (unpaired) electrons. The molecule has 8 heteroatoms. The van der Waals surface area contributed by atoms with Gasteiger partial charge in [0.25, 0.3) is 0 Å². The number of likely N-dealkylation sites (N-methyl/N-ethyl adjacent to an activating group) is 1. The summed E-state index contributed by atoms with van der Waals surface area (Å²) in [7, 11) is 5.30. The Bertz CT molecular complexity index is 1080. The Morgan fingerprint density at radius 3 is 2.27 bits per heavy atom. The number of nitrogens with one attached hydrogen (secondary N) is 1. The van der Waals surface area contributed by atoms with Crippen LogP contribution >= 0.6 is 0 Å². The van der Waals surface area contributed by atoms with Crippen LogP contribution in [0.4, 0.5) is 11.5 Å². The number of methoxy groups -OCH3 is 2. The maximum atomic E-state index is 12.5. The second kappa shape index (κ2) is 10.3. The lowest BCUT2D eigenvalue weighted by Gasteiger charge is -2.32. The van der Waals surface area contributed by atoms with E-state index in [0.29, 0.717) is 11.5 Å². The molecule has 172 valence electrons. The molecule has 1 amide bonds. The molecule has 8 nitrogen and oxygen atoms in total. The molecule has 0 spiro atoms. The highest BCUT2D eigenvalue weighted by Crippen LogP contribution is 2.28. The second-order valence-electron chi connectivity index (χ2n) is 8.06. The lowest BCUT2D eigenvalue weighted by molar-refractivity contribution is -0.115. The molecular formula is C25H29N5O3. The summed E-state index contributed by atoms with van der Waals surface area (Å²) in [6.07, 6.45) is 0.237. The number of ether oxygens (including phenoxy) is 2. The molecule has 2 heterocycles. The molecule has 1 aliphatic rings. The number of carbonyl (C=O) groups excluding carboxylic acids is 1. The highest BCUT2D eigenvalue weighted by atomic mass is 16.5. The minimum atomic E-state index is -0.105. The number of anilines is 2. The zero-order valence-electron chi connectivity index (χ0n) is 19.2. The summed E-state index contributed by atoms with van der Waals surface area (Å²) >= 11 is 0. The van der Waals surface area contributed by atoms with E-state index in [1.807, 2.05) is 48.5 Å². The molecule has 1 aliphatic heterocycles. The van der Waals surface area contributed by atoms with Crippen LogP contribution in [-0.2, 0) is 11.2 Å². The van der Waals surface area contributed by atoms with E-state index in [9.17, 15) is 4.79 Å². The average molecular weight is 448 g/mol. The third-order valence-corrected chi connectivity index (χ3v) is 5.75. The smallest absolute Gasteiger partial charge is 0.228 e. The van der Waals surface area contributed by atoms with E-state index < -0.39 is 0 Å². The van der Waals surface area contributed by atoms with Crippen LogP contribution in [-0.4, -0.2) is 68.5 Å². The molecular weight excluding hydrogens is 418 g/mol. The number of rotatable bonds is 7. The van der Waals surface area contributed by atoms with Crippen molar-refractivity contribution < 1.29 is 14.3 Å². The van der Waals surface area contributed by atoms with Gasteiger partial charge in [-0.1, -0.05) is 18.2 Å². The van der Waals surface area contributed by atoms with E-state index in [2.05, 4.69) is 32.4 Å².